The van der Waals surface area contributed by atoms with Crippen molar-refractivity contribution < 1.29 is 14.3 Å². The minimum absolute atomic E-state index is 0.194. The molecule has 0 saturated carbocycles. The van der Waals surface area contributed by atoms with Gasteiger partial charge in [0.25, 0.3) is 5.91 Å². The maximum Gasteiger partial charge on any atom is 0.273 e. The number of anilines is 2. The van der Waals surface area contributed by atoms with Crippen molar-refractivity contribution in [2.24, 2.45) is 7.05 Å². The number of carbonyl (C=O) groups excluding carboxylic acids is 2. The second kappa shape index (κ2) is 6.30. The van der Waals surface area contributed by atoms with Gasteiger partial charge in [0.2, 0.25) is 5.91 Å². The van der Waals surface area contributed by atoms with Crippen LogP contribution in [0.1, 0.15) is 23.1 Å². The molecule has 1 aromatic carbocycles. The predicted octanol–water partition coefficient (Wildman–Crippen LogP) is 1.95. The van der Waals surface area contributed by atoms with Crippen molar-refractivity contribution >= 4 is 23.2 Å². The normalized spacial score (nSPS) is 10.2. The highest BCUT2D eigenvalue weighted by molar-refractivity contribution is 6.03. The van der Waals surface area contributed by atoms with Gasteiger partial charge in [-0.15, -0.1) is 0 Å². The molecule has 2 N–H and O–H groups in total. The third-order valence-electron chi connectivity index (χ3n) is 3.00. The summed E-state index contributed by atoms with van der Waals surface area (Å²) in [5, 5.41) is 9.57. The van der Waals surface area contributed by atoms with E-state index in [2.05, 4.69) is 15.7 Å². The number of aryl methyl sites for hydroxylation is 2. The van der Waals surface area contributed by atoms with Crippen molar-refractivity contribution in [3.8, 4) is 5.75 Å². The van der Waals surface area contributed by atoms with Crippen molar-refractivity contribution in [3.63, 3.8) is 0 Å². The Hall–Kier alpha value is -2.83. The zero-order chi connectivity index (χ0) is 16.3. The number of methoxy groups -OCH3 is 1. The first-order valence-corrected chi connectivity index (χ1v) is 6.68. The van der Waals surface area contributed by atoms with Crippen LogP contribution in [0.4, 0.5) is 11.4 Å². The Kier molecular flexibility index (Phi) is 4.45. The van der Waals surface area contributed by atoms with E-state index in [1.54, 1.807) is 31.3 Å². The lowest BCUT2D eigenvalue weighted by molar-refractivity contribution is -0.114. The molecule has 0 aliphatic heterocycles. The molecular weight excluding hydrogens is 284 g/mol. The van der Waals surface area contributed by atoms with E-state index in [-0.39, 0.29) is 11.8 Å². The highest BCUT2D eigenvalue weighted by Gasteiger charge is 2.13. The number of nitrogens with one attached hydrogen (secondary N) is 2. The van der Waals surface area contributed by atoms with Gasteiger partial charge in [-0.2, -0.15) is 5.10 Å². The van der Waals surface area contributed by atoms with Crippen LogP contribution >= 0.6 is 0 Å². The van der Waals surface area contributed by atoms with Crippen LogP contribution in [0.5, 0.6) is 5.75 Å². The Bertz CT molecular complexity index is 722. The zero-order valence-corrected chi connectivity index (χ0v) is 12.9. The molecule has 0 unspecified atom stereocenters. The number of amides is 2. The maximum absolute atomic E-state index is 12.2. The van der Waals surface area contributed by atoms with Crippen LogP contribution < -0.4 is 15.4 Å². The minimum Gasteiger partial charge on any atom is -0.494 e. The van der Waals surface area contributed by atoms with E-state index in [0.717, 1.165) is 5.69 Å². The van der Waals surface area contributed by atoms with Gasteiger partial charge in [0.05, 0.1) is 18.5 Å². The van der Waals surface area contributed by atoms with Crippen LogP contribution in [0, 0.1) is 6.92 Å². The van der Waals surface area contributed by atoms with Crippen molar-refractivity contribution in [2.45, 2.75) is 13.8 Å². The Labute approximate surface area is 128 Å². The van der Waals surface area contributed by atoms with Gasteiger partial charge < -0.3 is 15.4 Å². The van der Waals surface area contributed by atoms with Crippen LogP contribution in [-0.2, 0) is 11.8 Å². The molecule has 7 heteroatoms. The number of aromatic nitrogens is 2. The SMILES string of the molecule is COc1cc(NC(=O)c2cc(C)nn2C)ccc1NC(C)=O. The van der Waals surface area contributed by atoms with Crippen LogP contribution in [0.3, 0.4) is 0 Å². The molecule has 1 heterocycles. The molecule has 0 saturated heterocycles. The van der Waals surface area contributed by atoms with Gasteiger partial charge in [0.1, 0.15) is 11.4 Å². The second-order valence-electron chi connectivity index (χ2n) is 4.84. The first-order chi connectivity index (χ1) is 10.4. The number of carbonyl (C=O) groups is 2. The Morgan fingerprint density at radius 1 is 1.23 bits per heavy atom. The van der Waals surface area contributed by atoms with E-state index in [0.29, 0.717) is 22.8 Å². The summed E-state index contributed by atoms with van der Waals surface area (Å²) in [5.74, 6) is 0.00654. The lowest BCUT2D eigenvalue weighted by atomic mass is 10.2. The summed E-state index contributed by atoms with van der Waals surface area (Å²) in [6.45, 7) is 3.24. The van der Waals surface area contributed by atoms with E-state index in [9.17, 15) is 9.59 Å². The summed E-state index contributed by atoms with van der Waals surface area (Å²) in [6.07, 6.45) is 0. The third-order valence-corrected chi connectivity index (χ3v) is 3.00. The predicted molar refractivity (Wildman–Crippen MR) is 83.2 cm³/mol. The quantitative estimate of drug-likeness (QED) is 0.904. The molecule has 0 bridgehead atoms. The summed E-state index contributed by atoms with van der Waals surface area (Å²) >= 11 is 0. The Balaban J connectivity index is 2.21. The fourth-order valence-corrected chi connectivity index (χ4v) is 2.08. The summed E-state index contributed by atoms with van der Waals surface area (Å²) < 4.78 is 6.74. The van der Waals surface area contributed by atoms with E-state index in [1.165, 1.54) is 18.7 Å². The lowest BCUT2D eigenvalue weighted by Gasteiger charge is -2.11. The molecule has 2 amide bonds. The molecule has 2 aromatic rings. The van der Waals surface area contributed by atoms with Crippen LogP contribution in [0.25, 0.3) is 0 Å². The summed E-state index contributed by atoms with van der Waals surface area (Å²) in [6, 6.07) is 6.71. The Morgan fingerprint density at radius 2 is 1.95 bits per heavy atom. The highest BCUT2D eigenvalue weighted by atomic mass is 16.5. The van der Waals surface area contributed by atoms with E-state index >= 15 is 0 Å². The zero-order valence-electron chi connectivity index (χ0n) is 12.9. The smallest absolute Gasteiger partial charge is 0.273 e. The number of hydrogen-bond donors (Lipinski definition) is 2. The van der Waals surface area contributed by atoms with Crippen molar-refractivity contribution in [1.82, 2.24) is 9.78 Å². The summed E-state index contributed by atoms with van der Waals surface area (Å²) in [5.41, 5.74) is 2.34. The molecular formula is C15H18N4O3. The average Bonchev–Trinajstić information content (AvgIpc) is 2.79. The molecule has 0 radical (unpaired) electrons. The summed E-state index contributed by atoms with van der Waals surface area (Å²) in [4.78, 5) is 23.4. The van der Waals surface area contributed by atoms with Gasteiger partial charge in [-0.3, -0.25) is 14.3 Å². The minimum atomic E-state index is -0.266. The number of benzene rings is 1. The van der Waals surface area contributed by atoms with Gasteiger partial charge in [-0.05, 0) is 25.1 Å². The fourth-order valence-electron chi connectivity index (χ4n) is 2.08. The number of ether oxygens (including phenoxy) is 1. The molecule has 0 spiro atoms. The molecule has 0 aliphatic carbocycles. The first kappa shape index (κ1) is 15.6. The first-order valence-electron chi connectivity index (χ1n) is 6.68. The van der Waals surface area contributed by atoms with E-state index < -0.39 is 0 Å². The van der Waals surface area contributed by atoms with Gasteiger partial charge >= 0.3 is 0 Å². The molecule has 22 heavy (non-hydrogen) atoms. The maximum atomic E-state index is 12.2. The standard InChI is InChI=1S/C15H18N4O3/c1-9-7-13(19(3)18-9)15(21)17-11-5-6-12(16-10(2)20)14(8-11)22-4/h5-8H,1-4H3,(H,16,20)(H,17,21). The van der Waals surface area contributed by atoms with Crippen LogP contribution in [0.15, 0.2) is 24.3 Å². The van der Waals surface area contributed by atoms with Gasteiger partial charge in [-0.25, -0.2) is 0 Å². The van der Waals surface area contributed by atoms with Gasteiger partial charge in [0, 0.05) is 25.7 Å². The lowest BCUT2D eigenvalue weighted by Crippen LogP contribution is -2.16. The molecule has 0 fully saturated rings. The van der Waals surface area contributed by atoms with Crippen molar-refractivity contribution in [1.29, 1.82) is 0 Å². The third kappa shape index (κ3) is 3.43. The van der Waals surface area contributed by atoms with Crippen molar-refractivity contribution in [2.75, 3.05) is 17.7 Å². The molecule has 0 aliphatic rings. The Morgan fingerprint density at radius 3 is 2.50 bits per heavy atom. The fraction of sp³-hybridized carbons (Fsp3) is 0.267. The number of hydrogen-bond acceptors (Lipinski definition) is 4. The molecule has 1 aromatic heterocycles. The largest absolute Gasteiger partial charge is 0.494 e. The highest BCUT2D eigenvalue weighted by Crippen LogP contribution is 2.28. The molecule has 7 nitrogen and oxygen atoms in total. The topological polar surface area (TPSA) is 85.2 Å². The van der Waals surface area contributed by atoms with E-state index in [1.807, 2.05) is 6.92 Å². The number of nitrogens with zero attached hydrogens (tertiary/aromatic N) is 2. The van der Waals surface area contributed by atoms with Gasteiger partial charge in [0.15, 0.2) is 0 Å². The van der Waals surface area contributed by atoms with Crippen molar-refractivity contribution in [3.05, 3.63) is 35.7 Å². The molecule has 116 valence electrons. The summed E-state index contributed by atoms with van der Waals surface area (Å²) in [7, 11) is 3.21. The van der Waals surface area contributed by atoms with E-state index in [4.69, 9.17) is 4.74 Å². The number of rotatable bonds is 4. The second-order valence-corrected chi connectivity index (χ2v) is 4.84. The van der Waals surface area contributed by atoms with Crippen LogP contribution in [0.2, 0.25) is 0 Å². The molecule has 2 rings (SSSR count). The monoisotopic (exact) mass is 302 g/mol. The van der Waals surface area contributed by atoms with Gasteiger partial charge in [-0.1, -0.05) is 0 Å². The average molecular weight is 302 g/mol. The molecule has 0 atom stereocenters. The van der Waals surface area contributed by atoms with Crippen LogP contribution in [-0.4, -0.2) is 28.7 Å².